The van der Waals surface area contributed by atoms with Crippen LogP contribution in [0.5, 0.6) is 0 Å². The normalized spacial score (nSPS) is 10.4. The number of rotatable bonds is 5. The van der Waals surface area contributed by atoms with Gasteiger partial charge in [-0.15, -0.1) is 0 Å². The van der Waals surface area contributed by atoms with Gasteiger partial charge in [0, 0.05) is 12.1 Å². The summed E-state index contributed by atoms with van der Waals surface area (Å²) in [4.78, 5) is 31.1. The maximum absolute atomic E-state index is 11.8. The number of anilines is 1. The summed E-state index contributed by atoms with van der Waals surface area (Å²) in [6.07, 6.45) is -0.862. The topological polar surface area (TPSA) is 146 Å². The van der Waals surface area contributed by atoms with E-state index in [0.717, 1.165) is 0 Å². The maximum Gasteiger partial charge on any atom is 0.490 e. The molecular formula is C13H12F3N4O6+. The lowest BCUT2D eigenvalue weighted by Gasteiger charge is -1.99. The second kappa shape index (κ2) is 9.10. The predicted molar refractivity (Wildman–Crippen MR) is 74.8 cm³/mol. The Bertz CT molecular complexity index is 746. The Morgan fingerprint density at radius 2 is 1.88 bits per heavy atom. The van der Waals surface area contributed by atoms with Gasteiger partial charge in [0.05, 0.1) is 5.56 Å². The van der Waals surface area contributed by atoms with Crippen LogP contribution in [0.3, 0.4) is 0 Å². The zero-order valence-corrected chi connectivity index (χ0v) is 12.8. The van der Waals surface area contributed by atoms with Crippen molar-refractivity contribution in [3.05, 3.63) is 36.4 Å². The van der Waals surface area contributed by atoms with E-state index in [1.54, 1.807) is 12.3 Å². The molecule has 0 aliphatic carbocycles. The summed E-state index contributed by atoms with van der Waals surface area (Å²) >= 11 is 0. The van der Waals surface area contributed by atoms with Crippen molar-refractivity contribution in [3.63, 3.8) is 0 Å². The standard InChI is InChI=1S/C11H10N4O4.C2HF3O2/c16-10(17)2-5-15-4-1-8(7-12-15)11(18)13-9-3-6-19-14-9;3-2(4,5)1(6)7/h1,3-4,6-7H,2,5H2,(H-,13,14,16,17,18);(H,6,7)/p+1. The SMILES string of the molecule is O=C(O)C(F)(F)F.O=C(O)CC[n+]1ccc(C(=O)Nc2ccon2)cn1. The van der Waals surface area contributed by atoms with Crippen LogP contribution < -0.4 is 10.00 Å². The highest BCUT2D eigenvalue weighted by atomic mass is 19.4. The molecule has 10 nitrogen and oxygen atoms in total. The molecule has 0 aromatic carbocycles. The third-order valence-electron chi connectivity index (χ3n) is 2.51. The monoisotopic (exact) mass is 377 g/mol. The van der Waals surface area contributed by atoms with Gasteiger partial charge in [-0.25, -0.2) is 4.79 Å². The summed E-state index contributed by atoms with van der Waals surface area (Å²) in [5.41, 5.74) is 0.342. The summed E-state index contributed by atoms with van der Waals surface area (Å²) < 4.78 is 37.8. The van der Waals surface area contributed by atoms with Crippen LogP contribution in [0.2, 0.25) is 0 Å². The Balaban J connectivity index is 0.000000412. The fourth-order valence-electron chi connectivity index (χ4n) is 1.33. The first-order chi connectivity index (χ1) is 12.1. The van der Waals surface area contributed by atoms with Crippen LogP contribution in [0.15, 0.2) is 35.3 Å². The van der Waals surface area contributed by atoms with Gasteiger partial charge >= 0.3 is 18.1 Å². The number of alkyl halides is 3. The highest BCUT2D eigenvalue weighted by molar-refractivity contribution is 6.03. The first-order valence-corrected chi connectivity index (χ1v) is 6.69. The lowest BCUT2D eigenvalue weighted by Crippen LogP contribution is -2.38. The summed E-state index contributed by atoms with van der Waals surface area (Å²) in [5, 5.41) is 25.7. The molecule has 0 atom stereocenters. The third-order valence-corrected chi connectivity index (χ3v) is 2.51. The van der Waals surface area contributed by atoms with Crippen LogP contribution in [0.4, 0.5) is 19.0 Å². The van der Waals surface area contributed by atoms with Crippen molar-refractivity contribution in [1.82, 2.24) is 10.3 Å². The zero-order valence-electron chi connectivity index (χ0n) is 12.8. The van der Waals surface area contributed by atoms with Crippen molar-refractivity contribution >= 4 is 23.7 Å². The van der Waals surface area contributed by atoms with Gasteiger partial charge in [-0.2, -0.15) is 13.2 Å². The molecule has 1 amide bonds. The molecule has 0 radical (unpaired) electrons. The number of aryl methyl sites for hydroxylation is 1. The smallest absolute Gasteiger partial charge is 0.481 e. The lowest BCUT2D eigenvalue weighted by molar-refractivity contribution is -0.753. The Morgan fingerprint density at radius 3 is 2.31 bits per heavy atom. The van der Waals surface area contributed by atoms with Crippen molar-refractivity contribution in [2.75, 3.05) is 5.32 Å². The molecule has 2 aromatic rings. The largest absolute Gasteiger partial charge is 0.490 e. The highest BCUT2D eigenvalue weighted by Crippen LogP contribution is 2.13. The van der Waals surface area contributed by atoms with Crippen LogP contribution in [0.1, 0.15) is 16.8 Å². The summed E-state index contributed by atoms with van der Waals surface area (Å²) in [5.74, 6) is -3.71. The first kappa shape index (κ1) is 20.5. The average molecular weight is 377 g/mol. The molecule has 13 heteroatoms. The van der Waals surface area contributed by atoms with Gasteiger partial charge < -0.3 is 20.1 Å². The van der Waals surface area contributed by atoms with Crippen molar-refractivity contribution in [3.8, 4) is 0 Å². The summed E-state index contributed by atoms with van der Waals surface area (Å²) in [7, 11) is 0. The molecule has 0 aliphatic rings. The second-order valence-corrected chi connectivity index (χ2v) is 4.46. The fraction of sp³-hybridized carbons (Fsp3) is 0.231. The van der Waals surface area contributed by atoms with Crippen molar-refractivity contribution in [2.45, 2.75) is 19.1 Å². The van der Waals surface area contributed by atoms with E-state index in [1.165, 1.54) is 23.2 Å². The molecule has 0 bridgehead atoms. The Hall–Kier alpha value is -3.51. The van der Waals surface area contributed by atoms with E-state index in [-0.39, 0.29) is 18.9 Å². The quantitative estimate of drug-likeness (QED) is 0.646. The molecule has 3 N–H and O–H groups in total. The average Bonchev–Trinajstić information content (AvgIpc) is 3.06. The molecule has 2 aromatic heterocycles. The van der Waals surface area contributed by atoms with Gasteiger partial charge in [0.15, 0.2) is 18.6 Å². The molecule has 0 spiro atoms. The minimum Gasteiger partial charge on any atom is -0.481 e. The number of halogens is 3. The van der Waals surface area contributed by atoms with Crippen molar-refractivity contribution in [2.24, 2.45) is 0 Å². The first-order valence-electron chi connectivity index (χ1n) is 6.69. The molecule has 0 saturated heterocycles. The number of carbonyl (C=O) groups is 3. The second-order valence-electron chi connectivity index (χ2n) is 4.46. The highest BCUT2D eigenvalue weighted by Gasteiger charge is 2.38. The number of aliphatic carboxylic acids is 2. The van der Waals surface area contributed by atoms with Crippen LogP contribution >= 0.6 is 0 Å². The van der Waals surface area contributed by atoms with Crippen molar-refractivity contribution < 1.29 is 47.0 Å². The van der Waals surface area contributed by atoms with Gasteiger partial charge in [0.2, 0.25) is 0 Å². The number of carboxylic acids is 2. The zero-order chi connectivity index (χ0) is 19.7. The van der Waals surface area contributed by atoms with E-state index in [0.29, 0.717) is 11.4 Å². The molecule has 0 fully saturated rings. The van der Waals surface area contributed by atoms with Gasteiger partial charge in [0.1, 0.15) is 18.9 Å². The number of aromatic nitrogens is 3. The molecular weight excluding hydrogens is 365 g/mol. The summed E-state index contributed by atoms with van der Waals surface area (Å²) in [6.45, 7) is 0.251. The molecule has 2 rings (SSSR count). The molecule has 0 aliphatic heterocycles. The number of nitrogens with zero attached hydrogens (tertiary/aromatic N) is 3. The number of hydrogen-bond acceptors (Lipinski definition) is 6. The van der Waals surface area contributed by atoms with Crippen LogP contribution in [0, 0.1) is 0 Å². The van der Waals surface area contributed by atoms with Crippen LogP contribution in [-0.4, -0.2) is 44.5 Å². The molecule has 26 heavy (non-hydrogen) atoms. The predicted octanol–water partition coefficient (Wildman–Crippen LogP) is 0.717. The number of hydrogen-bond donors (Lipinski definition) is 3. The van der Waals surface area contributed by atoms with Gasteiger partial charge in [-0.3, -0.25) is 9.59 Å². The van der Waals surface area contributed by atoms with Gasteiger partial charge in [0.25, 0.3) is 5.91 Å². The number of carbonyl (C=O) groups excluding carboxylic acids is 1. The number of nitrogens with one attached hydrogen (secondary N) is 1. The molecule has 0 unspecified atom stereocenters. The Morgan fingerprint density at radius 1 is 1.23 bits per heavy atom. The van der Waals surface area contributed by atoms with Gasteiger partial charge in [-0.1, -0.05) is 9.84 Å². The van der Waals surface area contributed by atoms with Crippen LogP contribution in [0.25, 0.3) is 0 Å². The van der Waals surface area contributed by atoms with Crippen molar-refractivity contribution in [1.29, 1.82) is 0 Å². The fourth-order valence-corrected chi connectivity index (χ4v) is 1.33. The Labute approximate surface area is 142 Å². The number of amides is 1. The Kier molecular flexibility index (Phi) is 7.19. The van der Waals surface area contributed by atoms with E-state index >= 15 is 0 Å². The van der Waals surface area contributed by atoms with E-state index in [2.05, 4.69) is 20.1 Å². The summed E-state index contributed by atoms with van der Waals surface area (Å²) in [6, 6.07) is 3.06. The third kappa shape index (κ3) is 7.37. The van der Waals surface area contributed by atoms with E-state index < -0.39 is 18.1 Å². The minimum absolute atomic E-state index is 0.0256. The van der Waals surface area contributed by atoms with E-state index in [9.17, 15) is 22.8 Å². The molecule has 0 saturated carbocycles. The van der Waals surface area contributed by atoms with Crippen LogP contribution in [-0.2, 0) is 16.1 Å². The minimum atomic E-state index is -5.08. The number of carboxylic acid groups (broad SMARTS) is 2. The molecule has 2 heterocycles. The van der Waals surface area contributed by atoms with Gasteiger partial charge in [-0.05, 0) is 5.10 Å². The lowest BCUT2D eigenvalue weighted by atomic mass is 10.3. The van der Waals surface area contributed by atoms with E-state index in [4.69, 9.17) is 15.0 Å². The molecule has 140 valence electrons. The maximum atomic E-state index is 11.8. The van der Waals surface area contributed by atoms with E-state index in [1.807, 2.05) is 0 Å².